The number of carbonyl (C=O) groups is 2. The number of hydrogen-bond acceptors (Lipinski definition) is 9. The normalized spacial score (nSPS) is 20.9. The fraction of sp³-hybridized carbons (Fsp3) is 0.625. The lowest BCUT2D eigenvalue weighted by molar-refractivity contribution is -0.0316. The summed E-state index contributed by atoms with van der Waals surface area (Å²) in [7, 11) is -3.48. The van der Waals surface area contributed by atoms with E-state index in [4.69, 9.17) is 9.29 Å². The highest BCUT2D eigenvalue weighted by Gasteiger charge is 2.53. The molecule has 0 unspecified atom stereocenters. The van der Waals surface area contributed by atoms with Crippen molar-refractivity contribution in [2.75, 3.05) is 20.1 Å². The topological polar surface area (TPSA) is 188 Å². The van der Waals surface area contributed by atoms with E-state index in [1.165, 1.54) is 22.8 Å². The Kier molecular flexibility index (Phi) is 6.21. The number of nitrogens with zero attached hydrogens (tertiary/aromatic N) is 5. The molecule has 178 valence electrons. The zero-order valence-electron chi connectivity index (χ0n) is 17.8. The van der Waals surface area contributed by atoms with Gasteiger partial charge in [0.25, 0.3) is 0 Å². The van der Waals surface area contributed by atoms with Crippen molar-refractivity contribution in [3.05, 3.63) is 17.5 Å². The number of amides is 3. The van der Waals surface area contributed by atoms with Crippen LogP contribution in [0.5, 0.6) is 0 Å². The summed E-state index contributed by atoms with van der Waals surface area (Å²) in [5.74, 6) is -0.00592. The first-order valence-corrected chi connectivity index (χ1v) is 10.9. The van der Waals surface area contributed by atoms with Crippen molar-refractivity contribution in [3.63, 3.8) is 0 Å². The Morgan fingerprint density at radius 1 is 1.41 bits per heavy atom. The molecule has 2 atom stereocenters. The van der Waals surface area contributed by atoms with E-state index < -0.39 is 40.2 Å². The molecule has 0 radical (unpaired) electrons. The number of ether oxygens (including phenoxy) is 1. The van der Waals surface area contributed by atoms with Gasteiger partial charge in [0.1, 0.15) is 17.7 Å². The van der Waals surface area contributed by atoms with Gasteiger partial charge < -0.3 is 25.5 Å². The molecule has 15 nitrogen and oxygen atoms in total. The van der Waals surface area contributed by atoms with Gasteiger partial charge in [-0.3, -0.25) is 9.23 Å². The Morgan fingerprint density at radius 2 is 2.09 bits per heavy atom. The van der Waals surface area contributed by atoms with Gasteiger partial charge in [0.2, 0.25) is 0 Å². The molecule has 32 heavy (non-hydrogen) atoms. The van der Waals surface area contributed by atoms with Crippen LogP contribution < -0.4 is 10.6 Å². The Labute approximate surface area is 183 Å². The van der Waals surface area contributed by atoms with Crippen molar-refractivity contribution in [2.45, 2.75) is 45.0 Å². The maximum absolute atomic E-state index is 12.8. The van der Waals surface area contributed by atoms with E-state index in [-0.39, 0.29) is 25.5 Å². The zero-order chi connectivity index (χ0) is 23.8. The first-order chi connectivity index (χ1) is 14.9. The molecule has 3 rings (SSSR count). The molecule has 3 heterocycles. The van der Waals surface area contributed by atoms with Crippen molar-refractivity contribution >= 4 is 28.4 Å². The minimum atomic E-state index is -4.97. The summed E-state index contributed by atoms with van der Waals surface area (Å²) in [5.41, 5.74) is 0.182. The number of fused-ring (bicyclic) bond motifs is 4. The molecular formula is C16H25N7O8S. The fourth-order valence-electron chi connectivity index (χ4n) is 3.61. The van der Waals surface area contributed by atoms with Gasteiger partial charge in [-0.15, -0.1) is 4.28 Å². The average molecular weight is 475 g/mol. The lowest BCUT2D eigenvalue weighted by atomic mass is 9.97. The van der Waals surface area contributed by atoms with Crippen molar-refractivity contribution in [3.8, 4) is 0 Å². The number of nitrogens with one attached hydrogen (secondary N) is 2. The van der Waals surface area contributed by atoms with E-state index in [0.717, 1.165) is 0 Å². The third-order valence-corrected chi connectivity index (χ3v) is 5.06. The van der Waals surface area contributed by atoms with Crippen LogP contribution >= 0.6 is 0 Å². The van der Waals surface area contributed by atoms with Crippen LogP contribution in [0.2, 0.25) is 0 Å². The smallest absolute Gasteiger partial charge is 0.418 e. The molecule has 0 saturated carbocycles. The Morgan fingerprint density at radius 3 is 2.66 bits per heavy atom. The fourth-order valence-corrected chi connectivity index (χ4v) is 3.98. The van der Waals surface area contributed by atoms with Crippen LogP contribution in [0.1, 0.15) is 44.1 Å². The summed E-state index contributed by atoms with van der Waals surface area (Å²) in [5, 5.41) is 22.8. The van der Waals surface area contributed by atoms with Crippen LogP contribution in [0.4, 0.5) is 9.59 Å². The molecule has 1 saturated heterocycles. The molecule has 1 aromatic rings. The highest BCUT2D eigenvalue weighted by Crippen LogP contribution is 2.44. The molecule has 2 aliphatic rings. The number of amidine groups is 1. The lowest BCUT2D eigenvalue weighted by Gasteiger charge is -2.31. The quantitative estimate of drug-likeness (QED) is 0.143. The average Bonchev–Trinajstić information content (AvgIpc) is 3.18. The van der Waals surface area contributed by atoms with Crippen molar-refractivity contribution in [1.82, 2.24) is 30.4 Å². The molecule has 0 spiro atoms. The maximum atomic E-state index is 12.8. The first-order valence-electron chi connectivity index (χ1n) is 9.55. The second kappa shape index (κ2) is 8.44. The molecule has 0 aliphatic carbocycles. The summed E-state index contributed by atoms with van der Waals surface area (Å²) in [6.07, 6.45) is 0.802. The molecule has 4 N–H and O–H groups in total. The van der Waals surface area contributed by atoms with E-state index >= 15 is 0 Å². The number of urea groups is 1. The third kappa shape index (κ3) is 4.71. The first kappa shape index (κ1) is 23.6. The number of oxime groups is 1. The van der Waals surface area contributed by atoms with Gasteiger partial charge in [-0.1, -0.05) is 5.16 Å². The molecule has 1 aromatic heterocycles. The van der Waals surface area contributed by atoms with Gasteiger partial charge in [-0.25, -0.2) is 9.59 Å². The van der Waals surface area contributed by atoms with Crippen LogP contribution in [0, 0.1) is 0 Å². The number of hydrogen-bond donors (Lipinski definition) is 4. The standard InChI is InChI=1S/C16H25N7O8S/c1-16(2,3)30-14(24)18-5-6-22-11-9(7-19-22)10-8-21(12(11)13(17-4)20-26)15(25)23(10)31-32(27,28)29/h7,10,12,26H,5-6,8H2,1-4H3,(H,17,20)(H,18,24)(H,27,28,29)/t10-,12-/m0/s1. The summed E-state index contributed by atoms with van der Waals surface area (Å²) < 4.78 is 42.7. The summed E-state index contributed by atoms with van der Waals surface area (Å²) in [6, 6.07) is -2.70. The monoisotopic (exact) mass is 475 g/mol. The van der Waals surface area contributed by atoms with Gasteiger partial charge in [0, 0.05) is 19.2 Å². The number of aromatic nitrogens is 2. The molecule has 2 bridgehead atoms. The number of alkyl carbamates (subject to hydrolysis) is 1. The highest BCUT2D eigenvalue weighted by atomic mass is 32.3. The van der Waals surface area contributed by atoms with E-state index in [2.05, 4.69) is 25.2 Å². The highest BCUT2D eigenvalue weighted by molar-refractivity contribution is 7.80. The Hall–Kier alpha value is -3.11. The Balaban J connectivity index is 1.90. The minimum absolute atomic E-state index is 0.00539. The van der Waals surface area contributed by atoms with E-state index in [0.29, 0.717) is 16.3 Å². The van der Waals surface area contributed by atoms with Crippen molar-refractivity contribution in [1.29, 1.82) is 0 Å². The summed E-state index contributed by atoms with van der Waals surface area (Å²) in [4.78, 5) is 25.9. The predicted octanol–water partition coefficient (Wildman–Crippen LogP) is -0.0173. The second-order valence-electron chi connectivity index (χ2n) is 8.05. The van der Waals surface area contributed by atoms with Crippen molar-refractivity contribution < 1.29 is 36.8 Å². The van der Waals surface area contributed by atoms with Crippen LogP contribution in [0.15, 0.2) is 11.4 Å². The van der Waals surface area contributed by atoms with Gasteiger partial charge >= 0.3 is 22.5 Å². The summed E-state index contributed by atoms with van der Waals surface area (Å²) in [6.45, 7) is 5.49. The predicted molar refractivity (Wildman–Crippen MR) is 107 cm³/mol. The number of hydroxylamine groups is 2. The number of rotatable bonds is 6. The zero-order valence-corrected chi connectivity index (χ0v) is 18.7. The van der Waals surface area contributed by atoms with Gasteiger partial charge in [-0.05, 0) is 20.8 Å². The van der Waals surface area contributed by atoms with Gasteiger partial charge in [0.15, 0.2) is 5.84 Å². The molecule has 0 aromatic carbocycles. The van der Waals surface area contributed by atoms with Crippen molar-refractivity contribution in [2.24, 2.45) is 5.16 Å². The van der Waals surface area contributed by atoms with E-state index in [1.54, 1.807) is 20.8 Å². The van der Waals surface area contributed by atoms with E-state index in [9.17, 15) is 23.2 Å². The van der Waals surface area contributed by atoms with E-state index in [1.807, 2.05) is 0 Å². The largest absolute Gasteiger partial charge is 0.444 e. The Bertz CT molecular complexity index is 1030. The molecule has 16 heteroatoms. The number of likely N-dealkylation sites (N-methyl/N-ethyl adjacent to an activating group) is 1. The SMILES string of the molecule is CN/C(=N\O)[C@@H]1c2c(cnn2CCNC(=O)OC(C)(C)C)[C@@H]2CN1C(=O)N2OS(=O)(=O)O. The molecule has 2 aliphatic heterocycles. The molecule has 3 amide bonds. The summed E-state index contributed by atoms with van der Waals surface area (Å²) >= 11 is 0. The minimum Gasteiger partial charge on any atom is -0.444 e. The lowest BCUT2D eigenvalue weighted by Crippen LogP contribution is -2.44. The maximum Gasteiger partial charge on any atom is 0.418 e. The van der Waals surface area contributed by atoms with Crippen LogP contribution in [0.3, 0.4) is 0 Å². The third-order valence-electron chi connectivity index (χ3n) is 4.72. The van der Waals surface area contributed by atoms with Crippen LogP contribution in [-0.4, -0.2) is 81.6 Å². The second-order valence-corrected chi connectivity index (χ2v) is 9.06. The van der Waals surface area contributed by atoms with Gasteiger partial charge in [-0.2, -0.15) is 18.6 Å². The van der Waals surface area contributed by atoms with Crippen LogP contribution in [-0.2, 0) is 26.0 Å². The molecular weight excluding hydrogens is 450 g/mol. The number of carbonyl (C=O) groups excluding carboxylic acids is 2. The van der Waals surface area contributed by atoms with Crippen LogP contribution in [0.25, 0.3) is 0 Å². The van der Waals surface area contributed by atoms with Gasteiger partial charge in [0.05, 0.1) is 25.0 Å². The molecule has 1 fully saturated rings.